The van der Waals surface area contributed by atoms with Crippen LogP contribution in [0, 0.1) is 0 Å². The van der Waals surface area contributed by atoms with Gasteiger partial charge in [0.1, 0.15) is 6.54 Å². The summed E-state index contributed by atoms with van der Waals surface area (Å²) >= 11 is 0. The fourth-order valence-electron chi connectivity index (χ4n) is 2.00. The summed E-state index contributed by atoms with van der Waals surface area (Å²) in [5, 5.41) is 0. The third-order valence-corrected chi connectivity index (χ3v) is 3.77. The molecule has 0 aliphatic carbocycles. The monoisotopic (exact) mass is 283 g/mol. The fraction of sp³-hybridized carbons (Fsp3) is 0.429. The van der Waals surface area contributed by atoms with Crippen LogP contribution in [0.4, 0.5) is 0 Å². The van der Waals surface area contributed by atoms with Crippen LogP contribution in [0.1, 0.15) is 17.5 Å². The lowest BCUT2D eigenvalue weighted by Crippen LogP contribution is -2.40. The second kappa shape index (κ2) is 6.32. The van der Waals surface area contributed by atoms with Crippen molar-refractivity contribution in [1.82, 2.24) is 0 Å². The van der Waals surface area contributed by atoms with Crippen molar-refractivity contribution in [2.24, 2.45) is 0 Å². The van der Waals surface area contributed by atoms with Gasteiger partial charge in [-0.05, 0) is 5.56 Å². The summed E-state index contributed by atoms with van der Waals surface area (Å²) in [6, 6.07) is 8.09. The van der Waals surface area contributed by atoms with Crippen molar-refractivity contribution in [1.29, 1.82) is 0 Å². The summed E-state index contributed by atoms with van der Waals surface area (Å²) in [4.78, 5) is 0. The van der Waals surface area contributed by atoms with Crippen LogP contribution in [0.15, 0.2) is 30.8 Å². The highest BCUT2D eigenvalue weighted by Crippen LogP contribution is 2.12. The van der Waals surface area contributed by atoms with Gasteiger partial charge in [0.25, 0.3) is 0 Å². The topological polar surface area (TPSA) is 57.2 Å². The molecule has 0 amide bonds. The van der Waals surface area contributed by atoms with Gasteiger partial charge in [-0.1, -0.05) is 36.9 Å². The zero-order valence-corrected chi connectivity index (χ0v) is 12.3. The number of hydrogen-bond donors (Lipinski definition) is 0. The van der Waals surface area contributed by atoms with Crippen molar-refractivity contribution in [2.75, 3.05) is 26.4 Å². The van der Waals surface area contributed by atoms with Crippen molar-refractivity contribution in [3.8, 4) is 0 Å². The zero-order chi connectivity index (χ0) is 14.5. The molecule has 0 aliphatic rings. The van der Waals surface area contributed by atoms with Crippen LogP contribution >= 0.6 is 0 Å². The van der Waals surface area contributed by atoms with Gasteiger partial charge < -0.3 is 9.04 Å². The summed E-state index contributed by atoms with van der Waals surface area (Å²) in [7, 11) is -0.0462. The van der Waals surface area contributed by atoms with Gasteiger partial charge in [0, 0.05) is 17.7 Å². The maximum absolute atomic E-state index is 10.6. The van der Waals surface area contributed by atoms with Gasteiger partial charge in [-0.15, -0.1) is 0 Å². The standard InChI is InChI=1S/C14H21NO3S/c1-4-13-6-8-14(9-7-13)12-15(2,3)10-5-11-19(16,17)18/h4,6-9H,1,5,10-12H2,2-3H3. The van der Waals surface area contributed by atoms with E-state index in [9.17, 15) is 13.0 Å². The number of nitrogens with zero attached hydrogens (tertiary/aromatic N) is 1. The van der Waals surface area contributed by atoms with Crippen molar-refractivity contribution in [3.05, 3.63) is 42.0 Å². The minimum absolute atomic E-state index is 0.288. The van der Waals surface area contributed by atoms with Crippen LogP contribution in [-0.4, -0.2) is 43.8 Å². The zero-order valence-electron chi connectivity index (χ0n) is 11.5. The molecule has 0 saturated heterocycles. The minimum atomic E-state index is -4.10. The lowest BCUT2D eigenvalue weighted by atomic mass is 10.1. The van der Waals surface area contributed by atoms with E-state index in [0.29, 0.717) is 17.4 Å². The lowest BCUT2D eigenvalue weighted by Gasteiger charge is -2.30. The molecular formula is C14H21NO3S. The first-order chi connectivity index (χ1) is 8.72. The van der Waals surface area contributed by atoms with E-state index < -0.39 is 10.1 Å². The molecule has 0 saturated carbocycles. The molecule has 0 aliphatic heterocycles. The van der Waals surface area contributed by atoms with E-state index >= 15 is 0 Å². The number of benzene rings is 1. The smallest absolute Gasteiger partial charge is 0.104 e. The molecular weight excluding hydrogens is 262 g/mol. The van der Waals surface area contributed by atoms with E-state index in [1.165, 1.54) is 5.56 Å². The summed E-state index contributed by atoms with van der Waals surface area (Å²) in [6.07, 6.45) is 2.19. The van der Waals surface area contributed by atoms with Crippen LogP contribution in [0.2, 0.25) is 0 Å². The summed E-state index contributed by atoms with van der Waals surface area (Å²) in [5.41, 5.74) is 2.26. The Balaban J connectivity index is 2.55. The Morgan fingerprint density at radius 1 is 1.26 bits per heavy atom. The second-order valence-corrected chi connectivity index (χ2v) is 6.90. The first-order valence-electron chi connectivity index (χ1n) is 6.19. The van der Waals surface area contributed by atoms with Crippen LogP contribution < -0.4 is 0 Å². The van der Waals surface area contributed by atoms with Crippen molar-refractivity contribution in [2.45, 2.75) is 13.0 Å². The van der Waals surface area contributed by atoms with Crippen LogP contribution in [0.3, 0.4) is 0 Å². The van der Waals surface area contributed by atoms with Gasteiger partial charge in [-0.2, -0.15) is 0 Å². The minimum Gasteiger partial charge on any atom is -0.748 e. The van der Waals surface area contributed by atoms with Gasteiger partial charge in [0.05, 0.1) is 30.8 Å². The fourth-order valence-corrected chi connectivity index (χ4v) is 2.48. The third-order valence-electron chi connectivity index (χ3n) is 2.98. The van der Waals surface area contributed by atoms with Gasteiger partial charge in [0.2, 0.25) is 0 Å². The Morgan fingerprint density at radius 3 is 2.32 bits per heavy atom. The quantitative estimate of drug-likeness (QED) is 0.567. The highest BCUT2D eigenvalue weighted by molar-refractivity contribution is 7.85. The highest BCUT2D eigenvalue weighted by Gasteiger charge is 2.15. The molecule has 5 heteroatoms. The molecule has 0 fully saturated rings. The predicted molar refractivity (Wildman–Crippen MR) is 76.4 cm³/mol. The van der Waals surface area contributed by atoms with E-state index in [1.54, 1.807) is 6.08 Å². The van der Waals surface area contributed by atoms with Crippen LogP contribution in [0.5, 0.6) is 0 Å². The maximum atomic E-state index is 10.6. The van der Waals surface area contributed by atoms with E-state index in [0.717, 1.165) is 12.1 Å². The van der Waals surface area contributed by atoms with Gasteiger partial charge in [-0.25, -0.2) is 8.42 Å². The lowest BCUT2D eigenvalue weighted by molar-refractivity contribution is -0.903. The average molecular weight is 283 g/mol. The number of rotatable bonds is 7. The molecule has 1 rings (SSSR count). The Labute approximate surface area is 115 Å². The van der Waals surface area contributed by atoms with Crippen LogP contribution in [-0.2, 0) is 16.7 Å². The summed E-state index contributed by atoms with van der Waals surface area (Å²) in [6.45, 7) is 5.17. The molecule has 0 unspecified atom stereocenters. The Kier molecular flexibility index (Phi) is 5.29. The molecule has 0 radical (unpaired) electrons. The maximum Gasteiger partial charge on any atom is 0.104 e. The molecule has 1 aromatic rings. The van der Waals surface area contributed by atoms with Gasteiger partial charge in [0.15, 0.2) is 0 Å². The average Bonchev–Trinajstić information content (AvgIpc) is 2.27. The van der Waals surface area contributed by atoms with Crippen molar-refractivity contribution < 1.29 is 17.5 Å². The molecule has 0 N–H and O–H groups in total. The van der Waals surface area contributed by atoms with Crippen LogP contribution in [0.25, 0.3) is 6.08 Å². The molecule has 0 spiro atoms. The molecule has 1 aromatic carbocycles. The SMILES string of the molecule is C=Cc1ccc(C[N+](C)(C)CCCS(=O)(=O)[O-])cc1. The van der Waals surface area contributed by atoms with Crippen molar-refractivity contribution >= 4 is 16.2 Å². The number of hydrogen-bond acceptors (Lipinski definition) is 3. The Hall–Kier alpha value is -1.17. The van der Waals surface area contributed by atoms with E-state index in [1.807, 2.05) is 38.4 Å². The summed E-state index contributed by atoms with van der Waals surface area (Å²) in [5.74, 6) is -0.288. The first-order valence-corrected chi connectivity index (χ1v) is 7.76. The summed E-state index contributed by atoms with van der Waals surface area (Å²) < 4.78 is 32.4. The molecule has 106 valence electrons. The third kappa shape index (κ3) is 6.52. The van der Waals surface area contributed by atoms with Gasteiger partial charge >= 0.3 is 0 Å². The second-order valence-electron chi connectivity index (χ2n) is 5.38. The Bertz CT molecular complexity index is 518. The van der Waals surface area contributed by atoms with Crippen molar-refractivity contribution in [3.63, 3.8) is 0 Å². The Morgan fingerprint density at radius 2 is 1.84 bits per heavy atom. The largest absolute Gasteiger partial charge is 0.748 e. The van der Waals surface area contributed by atoms with E-state index in [-0.39, 0.29) is 5.75 Å². The first kappa shape index (κ1) is 15.9. The molecule has 0 atom stereocenters. The van der Waals surface area contributed by atoms with E-state index in [4.69, 9.17) is 0 Å². The number of quaternary nitrogens is 1. The van der Waals surface area contributed by atoms with E-state index in [2.05, 4.69) is 6.58 Å². The molecule has 19 heavy (non-hydrogen) atoms. The highest BCUT2D eigenvalue weighted by atomic mass is 32.2. The molecule has 0 bridgehead atoms. The normalized spacial score (nSPS) is 12.4. The predicted octanol–water partition coefficient (Wildman–Crippen LogP) is 1.84. The molecule has 0 heterocycles. The molecule has 0 aromatic heterocycles. The molecule has 4 nitrogen and oxygen atoms in total. The van der Waals surface area contributed by atoms with Gasteiger partial charge in [-0.3, -0.25) is 0 Å².